The first-order chi connectivity index (χ1) is 22.9. The van der Waals surface area contributed by atoms with Crippen molar-refractivity contribution in [3.63, 3.8) is 0 Å². The molecule has 4 aromatic carbocycles. The summed E-state index contributed by atoms with van der Waals surface area (Å²) in [6, 6.07) is 32.2. The lowest BCUT2D eigenvalue weighted by Gasteiger charge is -2.22. The van der Waals surface area contributed by atoms with Gasteiger partial charge in [0, 0.05) is 40.4 Å². The molecule has 3 heterocycles. The van der Waals surface area contributed by atoms with E-state index >= 15 is 0 Å². The first kappa shape index (κ1) is 31.4. The normalized spacial score (nSPS) is 12.0. The fourth-order valence-corrected chi connectivity index (χ4v) is 6.97. The van der Waals surface area contributed by atoms with Gasteiger partial charge in [-0.15, -0.1) is 0 Å². The number of nitrogens with zero attached hydrogens (tertiary/aromatic N) is 4. The Balaban J connectivity index is 1.36. The topological polar surface area (TPSA) is 44.9 Å². The summed E-state index contributed by atoms with van der Waals surface area (Å²) in [6.07, 6.45) is 1.91. The van der Waals surface area contributed by atoms with Crippen LogP contribution in [0, 0.1) is 27.7 Å². The van der Waals surface area contributed by atoms with E-state index in [2.05, 4.69) is 163 Å². The Labute approximate surface area is 283 Å². The molecule has 0 aliphatic rings. The monoisotopic (exact) mass is 632 g/mol. The SMILES string of the molecule is Cc1cccc(C)c1-c1c(C)nn(-c2cc(Oc3ccc4c5ccccc5n(-c5cc(C(C)C)ccn5)c4c3)cc(C(C)(C)C)c2)c1C. The van der Waals surface area contributed by atoms with E-state index in [-0.39, 0.29) is 5.41 Å². The second-order valence-corrected chi connectivity index (χ2v) is 14.4. The van der Waals surface area contributed by atoms with Crippen molar-refractivity contribution >= 4 is 21.8 Å². The first-order valence-electron chi connectivity index (χ1n) is 16.9. The highest BCUT2D eigenvalue weighted by molar-refractivity contribution is 6.09. The zero-order chi connectivity index (χ0) is 33.9. The van der Waals surface area contributed by atoms with Crippen LogP contribution in [-0.2, 0) is 5.41 Å². The molecular formula is C43H44N4O. The molecule has 0 saturated heterocycles. The van der Waals surface area contributed by atoms with Crippen molar-refractivity contribution in [2.24, 2.45) is 0 Å². The van der Waals surface area contributed by atoms with Crippen molar-refractivity contribution in [3.8, 4) is 34.1 Å². The van der Waals surface area contributed by atoms with Crippen LogP contribution < -0.4 is 4.74 Å². The molecule has 0 atom stereocenters. The summed E-state index contributed by atoms with van der Waals surface area (Å²) < 4.78 is 11.1. The van der Waals surface area contributed by atoms with E-state index in [1.807, 2.05) is 6.20 Å². The highest BCUT2D eigenvalue weighted by Crippen LogP contribution is 2.38. The molecule has 0 fully saturated rings. The Hall–Kier alpha value is -5.16. The Bertz CT molecular complexity index is 2310. The summed E-state index contributed by atoms with van der Waals surface area (Å²) in [5.41, 5.74) is 12.6. The average Bonchev–Trinajstić information content (AvgIpc) is 3.53. The number of fused-ring (bicyclic) bond motifs is 3. The first-order valence-corrected chi connectivity index (χ1v) is 16.9. The van der Waals surface area contributed by atoms with Gasteiger partial charge in [0.2, 0.25) is 0 Å². The van der Waals surface area contributed by atoms with Gasteiger partial charge in [0.15, 0.2) is 0 Å². The second-order valence-electron chi connectivity index (χ2n) is 14.4. The number of ether oxygens (including phenoxy) is 1. The van der Waals surface area contributed by atoms with Gasteiger partial charge in [0.25, 0.3) is 0 Å². The molecule has 0 aliphatic carbocycles. The van der Waals surface area contributed by atoms with Crippen molar-refractivity contribution in [1.82, 2.24) is 19.3 Å². The molecule has 3 aromatic heterocycles. The molecule has 242 valence electrons. The molecule has 0 radical (unpaired) electrons. The molecule has 48 heavy (non-hydrogen) atoms. The molecular weight excluding hydrogens is 589 g/mol. The number of benzene rings is 4. The molecule has 0 bridgehead atoms. The number of hydrogen-bond acceptors (Lipinski definition) is 3. The Kier molecular flexibility index (Phi) is 7.74. The third-order valence-corrected chi connectivity index (χ3v) is 9.57. The van der Waals surface area contributed by atoms with Gasteiger partial charge in [-0.05, 0) is 109 Å². The van der Waals surface area contributed by atoms with Gasteiger partial charge in [0.1, 0.15) is 17.3 Å². The third kappa shape index (κ3) is 5.47. The molecule has 7 aromatic rings. The van der Waals surface area contributed by atoms with E-state index in [0.29, 0.717) is 5.92 Å². The maximum atomic E-state index is 6.76. The van der Waals surface area contributed by atoms with Crippen LogP contribution in [0.5, 0.6) is 11.5 Å². The average molecular weight is 633 g/mol. The molecule has 0 amide bonds. The number of aryl methyl sites for hydroxylation is 3. The highest BCUT2D eigenvalue weighted by atomic mass is 16.5. The zero-order valence-corrected chi connectivity index (χ0v) is 29.5. The molecule has 5 heteroatoms. The van der Waals surface area contributed by atoms with Crippen LogP contribution in [-0.4, -0.2) is 19.3 Å². The number of hydrogen-bond donors (Lipinski definition) is 0. The van der Waals surface area contributed by atoms with Gasteiger partial charge >= 0.3 is 0 Å². The lowest BCUT2D eigenvalue weighted by molar-refractivity contribution is 0.478. The predicted octanol–water partition coefficient (Wildman–Crippen LogP) is 11.5. The van der Waals surface area contributed by atoms with E-state index < -0.39 is 0 Å². The largest absolute Gasteiger partial charge is 0.457 e. The number of pyridine rings is 1. The quantitative estimate of drug-likeness (QED) is 0.183. The fourth-order valence-electron chi connectivity index (χ4n) is 6.97. The smallest absolute Gasteiger partial charge is 0.137 e. The molecule has 0 N–H and O–H groups in total. The zero-order valence-electron chi connectivity index (χ0n) is 29.5. The van der Waals surface area contributed by atoms with Gasteiger partial charge in [-0.2, -0.15) is 5.10 Å². The lowest BCUT2D eigenvalue weighted by Crippen LogP contribution is -2.12. The third-order valence-electron chi connectivity index (χ3n) is 9.57. The maximum absolute atomic E-state index is 6.76. The Morgan fingerprint density at radius 1 is 0.688 bits per heavy atom. The van der Waals surface area contributed by atoms with Gasteiger partial charge in [-0.25, -0.2) is 9.67 Å². The highest BCUT2D eigenvalue weighted by Gasteiger charge is 2.22. The maximum Gasteiger partial charge on any atom is 0.137 e. The second kappa shape index (κ2) is 11.8. The minimum atomic E-state index is -0.0941. The van der Waals surface area contributed by atoms with Crippen LogP contribution in [0.4, 0.5) is 0 Å². The summed E-state index contributed by atoms with van der Waals surface area (Å²) in [4.78, 5) is 4.82. The fraction of sp³-hybridized carbons (Fsp3) is 0.256. The van der Waals surface area contributed by atoms with Crippen LogP contribution in [0.2, 0.25) is 0 Å². The van der Waals surface area contributed by atoms with E-state index in [1.165, 1.54) is 44.2 Å². The molecule has 5 nitrogen and oxygen atoms in total. The van der Waals surface area contributed by atoms with Gasteiger partial charge < -0.3 is 4.74 Å². The van der Waals surface area contributed by atoms with E-state index in [9.17, 15) is 0 Å². The number of rotatable bonds is 6. The van der Waals surface area contributed by atoms with Crippen LogP contribution in [0.15, 0.2) is 97.2 Å². The number of para-hydroxylation sites is 1. The van der Waals surface area contributed by atoms with Gasteiger partial charge in [0.05, 0.1) is 22.4 Å². The van der Waals surface area contributed by atoms with E-state index in [1.54, 1.807) is 0 Å². The minimum Gasteiger partial charge on any atom is -0.457 e. The summed E-state index contributed by atoms with van der Waals surface area (Å²) >= 11 is 0. The Morgan fingerprint density at radius 3 is 2.15 bits per heavy atom. The summed E-state index contributed by atoms with van der Waals surface area (Å²) in [6.45, 7) is 19.8. The summed E-state index contributed by atoms with van der Waals surface area (Å²) in [5.74, 6) is 2.86. The van der Waals surface area contributed by atoms with Crippen molar-refractivity contribution in [2.75, 3.05) is 0 Å². The molecule has 0 aliphatic heterocycles. The molecule has 7 rings (SSSR count). The predicted molar refractivity (Wildman–Crippen MR) is 199 cm³/mol. The van der Waals surface area contributed by atoms with Gasteiger partial charge in [-0.3, -0.25) is 4.57 Å². The van der Waals surface area contributed by atoms with Crippen LogP contribution in [0.1, 0.15) is 74.2 Å². The number of aromatic nitrogens is 4. The van der Waals surface area contributed by atoms with E-state index in [0.717, 1.165) is 45.4 Å². The molecule has 0 saturated carbocycles. The molecule has 0 unspecified atom stereocenters. The van der Waals surface area contributed by atoms with E-state index in [4.69, 9.17) is 14.8 Å². The van der Waals surface area contributed by atoms with Crippen molar-refractivity contribution in [2.45, 2.75) is 73.6 Å². The van der Waals surface area contributed by atoms with Crippen LogP contribution >= 0.6 is 0 Å². The van der Waals surface area contributed by atoms with Crippen molar-refractivity contribution < 1.29 is 4.74 Å². The molecule has 0 spiro atoms. The summed E-state index contributed by atoms with van der Waals surface area (Å²) in [7, 11) is 0. The standard InChI is InChI=1S/C43H44N4O/c1-26(2)31-19-20-44-40(21-31)46-38-16-11-10-15-36(38)37-18-17-34(25-39(37)46)48-35-23-32(43(7,8)9)22-33(24-35)47-30(6)42(29(5)45-47)41-27(3)13-12-14-28(41)4/h10-26H,1-9H3. The lowest BCUT2D eigenvalue weighted by atomic mass is 9.86. The minimum absolute atomic E-state index is 0.0941. The van der Waals surface area contributed by atoms with Crippen LogP contribution in [0.3, 0.4) is 0 Å². The van der Waals surface area contributed by atoms with Crippen molar-refractivity contribution in [3.05, 3.63) is 131 Å². The Morgan fingerprint density at radius 2 is 1.42 bits per heavy atom. The van der Waals surface area contributed by atoms with Crippen molar-refractivity contribution in [1.29, 1.82) is 0 Å². The van der Waals surface area contributed by atoms with Gasteiger partial charge in [-0.1, -0.05) is 71.0 Å². The van der Waals surface area contributed by atoms with Crippen LogP contribution in [0.25, 0.3) is 44.4 Å². The summed E-state index contributed by atoms with van der Waals surface area (Å²) in [5, 5.41) is 7.45.